The van der Waals surface area contributed by atoms with Gasteiger partial charge < -0.3 is 9.47 Å². The molecule has 0 bridgehead atoms. The molecule has 0 atom stereocenters. The van der Waals surface area contributed by atoms with Crippen molar-refractivity contribution in [2.45, 2.75) is 6.42 Å². The summed E-state index contributed by atoms with van der Waals surface area (Å²) in [4.78, 5) is 4.52. The van der Waals surface area contributed by atoms with Crippen molar-refractivity contribution in [1.29, 1.82) is 0 Å². The van der Waals surface area contributed by atoms with Crippen molar-refractivity contribution < 1.29 is 9.47 Å². The van der Waals surface area contributed by atoms with E-state index in [2.05, 4.69) is 45.2 Å². The fraction of sp³-hybridized carbons (Fsp3) is 0.118. The van der Waals surface area contributed by atoms with Crippen LogP contribution in [0.25, 0.3) is 10.9 Å². The summed E-state index contributed by atoms with van der Waals surface area (Å²) >= 11 is 3.58. The molecule has 1 aliphatic rings. The molecule has 0 spiro atoms. The van der Waals surface area contributed by atoms with Crippen LogP contribution in [-0.2, 0) is 6.42 Å². The predicted octanol–water partition coefficient (Wildman–Crippen LogP) is 4.32. The van der Waals surface area contributed by atoms with Gasteiger partial charge in [0.1, 0.15) is 0 Å². The molecule has 2 heterocycles. The van der Waals surface area contributed by atoms with E-state index in [0.717, 1.165) is 33.3 Å². The van der Waals surface area contributed by atoms with Gasteiger partial charge >= 0.3 is 0 Å². The smallest absolute Gasteiger partial charge is 0.231 e. The molecule has 1 aliphatic heterocycles. The first-order chi connectivity index (χ1) is 10.3. The average molecular weight is 342 g/mol. The van der Waals surface area contributed by atoms with E-state index >= 15 is 0 Å². The number of ether oxygens (including phenoxy) is 2. The zero-order chi connectivity index (χ0) is 14.2. The first kappa shape index (κ1) is 12.7. The molecule has 0 fully saturated rings. The Balaban J connectivity index is 1.76. The Bertz CT molecular complexity index is 832. The lowest BCUT2D eigenvalue weighted by Crippen LogP contribution is -1.93. The first-order valence-corrected chi connectivity index (χ1v) is 7.51. The topological polar surface area (TPSA) is 31.4 Å². The van der Waals surface area contributed by atoms with Gasteiger partial charge in [-0.2, -0.15) is 0 Å². The van der Waals surface area contributed by atoms with Crippen molar-refractivity contribution in [1.82, 2.24) is 4.98 Å². The highest BCUT2D eigenvalue weighted by molar-refractivity contribution is 9.10. The van der Waals surface area contributed by atoms with Gasteiger partial charge in [0.25, 0.3) is 0 Å². The molecule has 0 saturated carbocycles. The maximum absolute atomic E-state index is 5.44. The van der Waals surface area contributed by atoms with Gasteiger partial charge in [-0.3, -0.25) is 4.98 Å². The summed E-state index contributed by atoms with van der Waals surface area (Å²) in [5, 5.41) is 1.13. The molecular weight excluding hydrogens is 330 g/mol. The molecule has 21 heavy (non-hydrogen) atoms. The maximum Gasteiger partial charge on any atom is 0.231 e. The molecule has 0 aliphatic carbocycles. The summed E-state index contributed by atoms with van der Waals surface area (Å²) in [5.41, 5.74) is 3.42. The van der Waals surface area contributed by atoms with Crippen LogP contribution >= 0.6 is 15.9 Å². The predicted molar refractivity (Wildman–Crippen MR) is 84.8 cm³/mol. The molecule has 104 valence electrons. The number of fused-ring (bicyclic) bond motifs is 2. The minimum Gasteiger partial charge on any atom is -0.454 e. The standard InChI is InChI=1S/C17H12BrNO2/c18-14-5-4-12(17-13(14)2-1-7-19-17)8-11-3-6-15-16(9-11)21-10-20-15/h1-7,9H,8,10H2. The van der Waals surface area contributed by atoms with Crippen LogP contribution in [0.3, 0.4) is 0 Å². The summed E-state index contributed by atoms with van der Waals surface area (Å²) in [6.07, 6.45) is 2.65. The molecule has 1 aromatic heterocycles. The van der Waals surface area contributed by atoms with Crippen molar-refractivity contribution in [2.24, 2.45) is 0 Å². The number of hydrogen-bond donors (Lipinski definition) is 0. The molecule has 0 saturated heterocycles. The Kier molecular flexibility index (Phi) is 3.04. The summed E-state index contributed by atoms with van der Waals surface area (Å²) in [6.45, 7) is 0.307. The van der Waals surface area contributed by atoms with Crippen LogP contribution in [0.1, 0.15) is 11.1 Å². The van der Waals surface area contributed by atoms with Gasteiger partial charge in [-0.15, -0.1) is 0 Å². The third kappa shape index (κ3) is 2.25. The monoisotopic (exact) mass is 341 g/mol. The third-order valence-corrected chi connectivity index (χ3v) is 4.32. The fourth-order valence-corrected chi connectivity index (χ4v) is 3.06. The number of benzene rings is 2. The van der Waals surface area contributed by atoms with Crippen molar-refractivity contribution >= 4 is 26.8 Å². The maximum atomic E-state index is 5.44. The first-order valence-electron chi connectivity index (χ1n) is 6.72. The van der Waals surface area contributed by atoms with Gasteiger partial charge in [0.2, 0.25) is 6.79 Å². The molecule has 0 radical (unpaired) electrons. The van der Waals surface area contributed by atoms with E-state index in [4.69, 9.17) is 9.47 Å². The van der Waals surface area contributed by atoms with Crippen LogP contribution in [0.15, 0.2) is 53.1 Å². The van der Waals surface area contributed by atoms with Gasteiger partial charge in [-0.25, -0.2) is 0 Å². The van der Waals surface area contributed by atoms with E-state index < -0.39 is 0 Å². The van der Waals surface area contributed by atoms with Gasteiger partial charge in [0, 0.05) is 16.1 Å². The number of halogens is 1. The fourth-order valence-electron chi connectivity index (χ4n) is 2.61. The normalized spacial score (nSPS) is 12.8. The minimum atomic E-state index is 0.307. The number of rotatable bonds is 2. The Labute approximate surface area is 130 Å². The van der Waals surface area contributed by atoms with E-state index in [-0.39, 0.29) is 0 Å². The molecule has 4 rings (SSSR count). The highest BCUT2D eigenvalue weighted by atomic mass is 79.9. The van der Waals surface area contributed by atoms with Crippen LogP contribution in [0.5, 0.6) is 11.5 Å². The van der Waals surface area contributed by atoms with Crippen LogP contribution in [0.4, 0.5) is 0 Å². The molecule has 0 N–H and O–H groups in total. The van der Waals surface area contributed by atoms with E-state index in [1.165, 1.54) is 11.1 Å². The van der Waals surface area contributed by atoms with Crippen molar-refractivity contribution in [2.75, 3.05) is 6.79 Å². The highest BCUT2D eigenvalue weighted by Gasteiger charge is 2.14. The van der Waals surface area contributed by atoms with Gasteiger partial charge in [-0.1, -0.05) is 34.1 Å². The second-order valence-electron chi connectivity index (χ2n) is 4.97. The Morgan fingerprint density at radius 3 is 2.90 bits per heavy atom. The molecule has 0 amide bonds. The quantitative estimate of drug-likeness (QED) is 0.695. The molecule has 4 heteroatoms. The van der Waals surface area contributed by atoms with E-state index in [0.29, 0.717) is 6.79 Å². The Morgan fingerprint density at radius 1 is 1.05 bits per heavy atom. The lowest BCUT2D eigenvalue weighted by Gasteiger charge is -2.08. The summed E-state index contributed by atoms with van der Waals surface area (Å²) in [6, 6.07) is 14.3. The SMILES string of the molecule is Brc1ccc(Cc2ccc3c(c2)OCO3)c2ncccc12. The van der Waals surface area contributed by atoms with Gasteiger partial charge in [0.15, 0.2) is 11.5 Å². The van der Waals surface area contributed by atoms with E-state index in [9.17, 15) is 0 Å². The molecule has 3 nitrogen and oxygen atoms in total. The molecule has 0 unspecified atom stereocenters. The number of pyridine rings is 1. The molecule has 3 aromatic rings. The lowest BCUT2D eigenvalue weighted by atomic mass is 10.0. The van der Waals surface area contributed by atoms with Crippen LogP contribution < -0.4 is 9.47 Å². The van der Waals surface area contributed by atoms with Crippen molar-refractivity contribution in [3.05, 3.63) is 64.3 Å². The molecular formula is C17H12BrNO2. The number of aromatic nitrogens is 1. The van der Waals surface area contributed by atoms with Gasteiger partial charge in [0.05, 0.1) is 5.52 Å². The number of hydrogen-bond acceptors (Lipinski definition) is 3. The van der Waals surface area contributed by atoms with Crippen LogP contribution in [-0.4, -0.2) is 11.8 Å². The van der Waals surface area contributed by atoms with Crippen LogP contribution in [0.2, 0.25) is 0 Å². The zero-order valence-electron chi connectivity index (χ0n) is 11.2. The summed E-state index contributed by atoms with van der Waals surface area (Å²) in [7, 11) is 0. The highest BCUT2D eigenvalue weighted by Crippen LogP contribution is 2.34. The number of nitrogens with zero attached hydrogens (tertiary/aromatic N) is 1. The van der Waals surface area contributed by atoms with Crippen LogP contribution in [0, 0.1) is 0 Å². The summed E-state index contributed by atoms with van der Waals surface area (Å²) in [5.74, 6) is 1.64. The van der Waals surface area contributed by atoms with E-state index in [1.807, 2.05) is 24.4 Å². The second-order valence-corrected chi connectivity index (χ2v) is 5.82. The van der Waals surface area contributed by atoms with E-state index in [1.54, 1.807) is 0 Å². The van der Waals surface area contributed by atoms with Gasteiger partial charge in [-0.05, 0) is 41.8 Å². The average Bonchev–Trinajstić information content (AvgIpc) is 2.98. The largest absolute Gasteiger partial charge is 0.454 e. The van der Waals surface area contributed by atoms with Crippen molar-refractivity contribution in [3.63, 3.8) is 0 Å². The zero-order valence-corrected chi connectivity index (χ0v) is 12.8. The lowest BCUT2D eigenvalue weighted by molar-refractivity contribution is 0.174. The molecule has 2 aromatic carbocycles. The van der Waals surface area contributed by atoms with Crippen molar-refractivity contribution in [3.8, 4) is 11.5 Å². The minimum absolute atomic E-state index is 0.307. The second kappa shape index (κ2) is 5.04. The Hall–Kier alpha value is -2.07. The third-order valence-electron chi connectivity index (χ3n) is 3.63. The Morgan fingerprint density at radius 2 is 1.95 bits per heavy atom. The summed E-state index contributed by atoms with van der Waals surface area (Å²) < 4.78 is 11.9.